The summed E-state index contributed by atoms with van der Waals surface area (Å²) in [6.07, 6.45) is 6.89. The predicted molar refractivity (Wildman–Crippen MR) is 125 cm³/mol. The maximum Gasteiger partial charge on any atom is 0.335 e. The van der Waals surface area contributed by atoms with Crippen molar-refractivity contribution in [1.29, 1.82) is 0 Å². The molecular weight excluding hydrogens is 422 g/mol. The number of fused-ring (bicyclic) bond motifs is 1. The number of hydrogen-bond donors (Lipinski definition) is 1. The summed E-state index contributed by atoms with van der Waals surface area (Å²) in [7, 11) is 0. The van der Waals surface area contributed by atoms with Gasteiger partial charge in [0.05, 0.1) is 28.4 Å². The first-order valence-corrected chi connectivity index (χ1v) is 10.3. The van der Waals surface area contributed by atoms with Gasteiger partial charge in [0.25, 0.3) is 5.56 Å². The number of terminal acetylenes is 1. The summed E-state index contributed by atoms with van der Waals surface area (Å²) in [5.74, 6) is 1.19. The van der Waals surface area contributed by atoms with Gasteiger partial charge in [-0.3, -0.25) is 14.2 Å². The molecule has 0 saturated carbocycles. The molecule has 0 bridgehead atoms. The number of nitrogens with zero attached hydrogens (tertiary/aromatic N) is 3. The van der Waals surface area contributed by atoms with Crippen LogP contribution < -0.4 is 10.5 Å². The molecule has 8 nitrogen and oxygen atoms in total. The van der Waals surface area contributed by atoms with Crippen molar-refractivity contribution in [3.8, 4) is 12.3 Å². The lowest BCUT2D eigenvalue weighted by molar-refractivity contribution is -0.157. The molecule has 1 N–H and O–H groups in total. The van der Waals surface area contributed by atoms with Gasteiger partial charge in [-0.2, -0.15) is 0 Å². The van der Waals surface area contributed by atoms with E-state index in [1.807, 2.05) is 11.0 Å². The molecule has 1 aromatic heterocycles. The van der Waals surface area contributed by atoms with E-state index in [0.717, 1.165) is 11.3 Å². The number of hydrogen-bond acceptors (Lipinski definition) is 6. The zero-order valence-electron chi connectivity index (χ0n) is 18.7. The standard InChI is InChI=1S/C25H25N3O5/c1-5-12-27(19-9-7-18(8-10-19)23(30)31)14-17-6-11-21-20(13-17)22(29)28(15-26-21)16-33-24(32)25(2,3)4/h1,6-11,13,15H,12,14,16H2,2-4H3,(H,30,31). The van der Waals surface area contributed by atoms with Crippen LogP contribution in [-0.4, -0.2) is 33.1 Å². The molecule has 1 heterocycles. The van der Waals surface area contributed by atoms with Crippen LogP contribution in [0.1, 0.15) is 36.7 Å². The molecule has 0 fully saturated rings. The summed E-state index contributed by atoms with van der Waals surface area (Å²) < 4.78 is 6.49. The number of carboxylic acid groups (broad SMARTS) is 1. The molecule has 2 aromatic carbocycles. The molecule has 33 heavy (non-hydrogen) atoms. The quantitative estimate of drug-likeness (QED) is 0.438. The second kappa shape index (κ2) is 9.57. The van der Waals surface area contributed by atoms with Crippen molar-refractivity contribution in [1.82, 2.24) is 9.55 Å². The van der Waals surface area contributed by atoms with Gasteiger partial charge in [-0.15, -0.1) is 6.42 Å². The van der Waals surface area contributed by atoms with Crippen LogP contribution in [0.5, 0.6) is 0 Å². The smallest absolute Gasteiger partial charge is 0.335 e. The van der Waals surface area contributed by atoms with Gasteiger partial charge in [0, 0.05) is 12.2 Å². The Kier molecular flexibility index (Phi) is 6.83. The second-order valence-corrected chi connectivity index (χ2v) is 8.59. The van der Waals surface area contributed by atoms with Crippen molar-refractivity contribution in [3.05, 3.63) is 70.3 Å². The van der Waals surface area contributed by atoms with E-state index >= 15 is 0 Å². The van der Waals surface area contributed by atoms with Gasteiger partial charge in [-0.05, 0) is 62.7 Å². The van der Waals surface area contributed by atoms with Crippen molar-refractivity contribution < 1.29 is 19.4 Å². The van der Waals surface area contributed by atoms with Gasteiger partial charge in [0.15, 0.2) is 6.73 Å². The third kappa shape index (κ3) is 5.57. The summed E-state index contributed by atoms with van der Waals surface area (Å²) in [5, 5.41) is 9.49. The van der Waals surface area contributed by atoms with Gasteiger partial charge >= 0.3 is 11.9 Å². The number of anilines is 1. The number of carbonyl (C=O) groups is 2. The summed E-state index contributed by atoms with van der Waals surface area (Å²) in [6, 6.07) is 11.8. The van der Waals surface area contributed by atoms with E-state index in [-0.39, 0.29) is 17.9 Å². The van der Waals surface area contributed by atoms with Crippen LogP contribution in [0.15, 0.2) is 53.6 Å². The third-order valence-electron chi connectivity index (χ3n) is 4.97. The van der Waals surface area contributed by atoms with E-state index in [1.165, 1.54) is 23.0 Å². The molecule has 0 aliphatic heterocycles. The Morgan fingerprint density at radius 3 is 2.48 bits per heavy atom. The Balaban J connectivity index is 1.87. The Morgan fingerprint density at radius 2 is 1.88 bits per heavy atom. The number of ether oxygens (including phenoxy) is 1. The van der Waals surface area contributed by atoms with Crippen molar-refractivity contribution in [3.63, 3.8) is 0 Å². The number of rotatable bonds is 7. The van der Waals surface area contributed by atoms with Gasteiger partial charge < -0.3 is 14.7 Å². The molecule has 0 spiro atoms. The van der Waals surface area contributed by atoms with E-state index in [2.05, 4.69) is 10.9 Å². The highest BCUT2D eigenvalue weighted by molar-refractivity contribution is 5.88. The Labute approximate surface area is 191 Å². The number of esters is 1. The Hall–Kier alpha value is -4.12. The molecule has 0 amide bonds. The van der Waals surface area contributed by atoms with Crippen LogP contribution >= 0.6 is 0 Å². The van der Waals surface area contributed by atoms with Crippen LogP contribution in [0.25, 0.3) is 10.9 Å². The highest BCUT2D eigenvalue weighted by Gasteiger charge is 2.23. The summed E-state index contributed by atoms with van der Waals surface area (Å²) in [6.45, 7) is 5.69. The van der Waals surface area contributed by atoms with Crippen LogP contribution in [-0.2, 0) is 22.8 Å². The monoisotopic (exact) mass is 447 g/mol. The molecule has 0 aliphatic rings. The molecule has 3 rings (SSSR count). The van der Waals surface area contributed by atoms with E-state index in [0.29, 0.717) is 24.0 Å². The lowest BCUT2D eigenvalue weighted by atomic mass is 9.98. The fraction of sp³-hybridized carbons (Fsp3) is 0.280. The van der Waals surface area contributed by atoms with E-state index < -0.39 is 17.4 Å². The molecule has 0 saturated heterocycles. The molecule has 0 aliphatic carbocycles. The maximum atomic E-state index is 13.0. The SMILES string of the molecule is C#CCN(Cc1ccc2ncn(COC(=O)C(C)(C)C)c(=O)c2c1)c1ccc(C(=O)O)cc1. The fourth-order valence-corrected chi connectivity index (χ4v) is 3.12. The van der Waals surface area contributed by atoms with Gasteiger partial charge in [0.1, 0.15) is 6.33 Å². The van der Waals surface area contributed by atoms with Crippen LogP contribution in [0.2, 0.25) is 0 Å². The van der Waals surface area contributed by atoms with Crippen molar-refractivity contribution in [2.75, 3.05) is 11.4 Å². The Morgan fingerprint density at radius 1 is 1.18 bits per heavy atom. The van der Waals surface area contributed by atoms with Crippen molar-refractivity contribution in [2.24, 2.45) is 5.41 Å². The number of aromatic carboxylic acids is 1. The number of carboxylic acids is 1. The normalized spacial score (nSPS) is 11.1. The average Bonchev–Trinajstić information content (AvgIpc) is 2.78. The zero-order valence-corrected chi connectivity index (χ0v) is 18.7. The third-order valence-corrected chi connectivity index (χ3v) is 4.97. The van der Waals surface area contributed by atoms with Crippen LogP contribution in [0.3, 0.4) is 0 Å². The van der Waals surface area contributed by atoms with Gasteiger partial charge in [-0.25, -0.2) is 9.78 Å². The first kappa shape index (κ1) is 23.5. The minimum Gasteiger partial charge on any atom is -0.478 e. The van der Waals surface area contributed by atoms with Crippen LogP contribution in [0, 0.1) is 17.8 Å². The van der Waals surface area contributed by atoms with Crippen LogP contribution in [0.4, 0.5) is 5.69 Å². The molecule has 0 unspecified atom stereocenters. The fourth-order valence-electron chi connectivity index (χ4n) is 3.12. The van der Waals surface area contributed by atoms with Gasteiger partial charge in [0.2, 0.25) is 0 Å². The largest absolute Gasteiger partial charge is 0.478 e. The van der Waals surface area contributed by atoms with E-state index in [4.69, 9.17) is 16.3 Å². The Bertz CT molecular complexity index is 1280. The second-order valence-electron chi connectivity index (χ2n) is 8.59. The highest BCUT2D eigenvalue weighted by Crippen LogP contribution is 2.20. The molecule has 0 radical (unpaired) electrons. The predicted octanol–water partition coefficient (Wildman–Crippen LogP) is 3.28. The molecule has 170 valence electrons. The average molecular weight is 447 g/mol. The molecular formula is C25H25N3O5. The lowest BCUT2D eigenvalue weighted by Crippen LogP contribution is -2.28. The molecule has 3 aromatic rings. The lowest BCUT2D eigenvalue weighted by Gasteiger charge is -2.23. The first-order chi connectivity index (χ1) is 15.6. The number of carbonyl (C=O) groups excluding carboxylic acids is 1. The molecule has 0 atom stereocenters. The van der Waals surface area contributed by atoms with Crippen molar-refractivity contribution in [2.45, 2.75) is 34.0 Å². The minimum atomic E-state index is -1.00. The zero-order chi connectivity index (χ0) is 24.2. The first-order valence-electron chi connectivity index (χ1n) is 10.3. The number of benzene rings is 2. The minimum absolute atomic E-state index is 0.184. The topological polar surface area (TPSA) is 102 Å². The summed E-state index contributed by atoms with van der Waals surface area (Å²) >= 11 is 0. The maximum absolute atomic E-state index is 13.0. The number of aromatic nitrogens is 2. The summed E-state index contributed by atoms with van der Waals surface area (Å²) in [5.41, 5.74) is 1.29. The summed E-state index contributed by atoms with van der Waals surface area (Å²) in [4.78, 5) is 42.3. The van der Waals surface area contributed by atoms with Gasteiger partial charge in [-0.1, -0.05) is 12.0 Å². The van der Waals surface area contributed by atoms with Crippen molar-refractivity contribution >= 4 is 28.5 Å². The molecule has 8 heteroatoms. The van der Waals surface area contributed by atoms with E-state index in [9.17, 15) is 14.4 Å². The highest BCUT2D eigenvalue weighted by atomic mass is 16.5. The van der Waals surface area contributed by atoms with E-state index in [1.54, 1.807) is 45.0 Å².